The van der Waals surface area contributed by atoms with Crippen LogP contribution in [0.25, 0.3) is 33.1 Å². The molecule has 1 aromatic heterocycles. The Labute approximate surface area is 195 Å². The van der Waals surface area contributed by atoms with E-state index in [-0.39, 0.29) is 29.3 Å². The smallest absolute Gasteiger partial charge is 0.235 e. The van der Waals surface area contributed by atoms with Crippen molar-refractivity contribution in [3.8, 4) is 17.1 Å². The van der Waals surface area contributed by atoms with Gasteiger partial charge in [0.25, 0.3) is 0 Å². The topological polar surface area (TPSA) is 56.5 Å². The molecule has 0 fully saturated rings. The summed E-state index contributed by atoms with van der Waals surface area (Å²) < 4.78 is 11.9. The highest BCUT2D eigenvalue weighted by atomic mass is 35.5. The van der Waals surface area contributed by atoms with E-state index in [4.69, 9.17) is 20.8 Å². The third-order valence-electron chi connectivity index (χ3n) is 5.53. The maximum atomic E-state index is 13.3. The number of halogens is 1. The molecule has 0 spiro atoms. The Morgan fingerprint density at radius 3 is 2.45 bits per heavy atom. The predicted octanol–water partition coefficient (Wildman–Crippen LogP) is 6.84. The van der Waals surface area contributed by atoms with Crippen LogP contribution in [-0.4, -0.2) is 12.4 Å². The van der Waals surface area contributed by atoms with Gasteiger partial charge in [0.1, 0.15) is 5.58 Å². The summed E-state index contributed by atoms with van der Waals surface area (Å²) in [5.74, 6) is 0.0371. The molecular formula is C28H19ClO4. The minimum Gasteiger partial charge on any atom is -0.478 e. The number of fused-ring (bicyclic) bond motifs is 2. The van der Waals surface area contributed by atoms with Crippen LogP contribution >= 0.6 is 11.6 Å². The predicted molar refractivity (Wildman–Crippen MR) is 131 cm³/mol. The van der Waals surface area contributed by atoms with Crippen LogP contribution in [0.3, 0.4) is 0 Å². The number of ether oxygens (including phenoxy) is 1. The second-order valence-corrected chi connectivity index (χ2v) is 8.31. The molecule has 5 rings (SSSR count). The van der Waals surface area contributed by atoms with Gasteiger partial charge in [-0.1, -0.05) is 54.1 Å². The van der Waals surface area contributed by atoms with Crippen LogP contribution in [0.4, 0.5) is 0 Å². The van der Waals surface area contributed by atoms with Crippen LogP contribution in [0.15, 0.2) is 94.1 Å². The third-order valence-corrected chi connectivity index (χ3v) is 5.78. The van der Waals surface area contributed by atoms with Crippen molar-refractivity contribution in [2.45, 2.75) is 6.92 Å². The fraction of sp³-hybridized carbons (Fsp3) is 0.0714. The molecule has 0 amide bonds. The number of carbonyl (C=O) groups is 1. The van der Waals surface area contributed by atoms with Gasteiger partial charge in [-0.25, -0.2) is 0 Å². The maximum Gasteiger partial charge on any atom is 0.235 e. The van der Waals surface area contributed by atoms with Crippen molar-refractivity contribution >= 4 is 39.1 Å². The van der Waals surface area contributed by atoms with Crippen molar-refractivity contribution in [2.24, 2.45) is 0 Å². The van der Waals surface area contributed by atoms with Crippen LogP contribution in [0.1, 0.15) is 15.9 Å². The lowest BCUT2D eigenvalue weighted by Gasteiger charge is -2.12. The monoisotopic (exact) mass is 454 g/mol. The first-order valence-corrected chi connectivity index (χ1v) is 10.9. The largest absolute Gasteiger partial charge is 0.478 e. The number of rotatable bonds is 5. The van der Waals surface area contributed by atoms with Crippen LogP contribution < -0.4 is 10.2 Å². The lowest BCUT2D eigenvalue weighted by Crippen LogP contribution is -2.17. The second-order valence-electron chi connectivity index (χ2n) is 7.87. The Morgan fingerprint density at radius 2 is 1.67 bits per heavy atom. The Bertz CT molecular complexity index is 1570. The fourth-order valence-corrected chi connectivity index (χ4v) is 3.92. The van der Waals surface area contributed by atoms with E-state index in [0.29, 0.717) is 27.1 Å². The first kappa shape index (κ1) is 21.0. The summed E-state index contributed by atoms with van der Waals surface area (Å²) in [5, 5.41) is 2.97. The van der Waals surface area contributed by atoms with E-state index in [1.54, 1.807) is 42.5 Å². The van der Waals surface area contributed by atoms with Crippen LogP contribution in [0.5, 0.6) is 5.75 Å². The first-order valence-electron chi connectivity index (χ1n) is 10.5. The molecule has 5 aromatic rings. The first-order chi connectivity index (χ1) is 16.0. The molecule has 4 aromatic carbocycles. The average molecular weight is 455 g/mol. The molecule has 0 bridgehead atoms. The Balaban J connectivity index is 1.54. The van der Waals surface area contributed by atoms with Crippen molar-refractivity contribution < 1.29 is 13.9 Å². The van der Waals surface area contributed by atoms with Gasteiger partial charge in [0.2, 0.25) is 11.2 Å². The molecule has 0 aliphatic carbocycles. The van der Waals surface area contributed by atoms with Gasteiger partial charge in [0, 0.05) is 16.1 Å². The van der Waals surface area contributed by atoms with Crippen molar-refractivity contribution in [2.75, 3.05) is 6.61 Å². The Hall–Kier alpha value is -3.89. The molecule has 0 N–H and O–H groups in total. The van der Waals surface area contributed by atoms with Gasteiger partial charge in [-0.2, -0.15) is 0 Å². The molecular weight excluding hydrogens is 436 g/mol. The molecule has 0 saturated heterocycles. The van der Waals surface area contributed by atoms with Gasteiger partial charge in [-0.3, -0.25) is 9.59 Å². The third kappa shape index (κ3) is 4.13. The highest BCUT2D eigenvalue weighted by Crippen LogP contribution is 2.32. The molecule has 0 aliphatic heterocycles. The van der Waals surface area contributed by atoms with Gasteiger partial charge in [-0.05, 0) is 65.7 Å². The van der Waals surface area contributed by atoms with E-state index in [1.165, 1.54) is 0 Å². The highest BCUT2D eigenvalue weighted by molar-refractivity contribution is 6.30. The number of benzene rings is 4. The number of hydrogen-bond acceptors (Lipinski definition) is 4. The molecule has 33 heavy (non-hydrogen) atoms. The molecule has 5 heteroatoms. The van der Waals surface area contributed by atoms with Crippen LogP contribution in [-0.2, 0) is 0 Å². The van der Waals surface area contributed by atoms with E-state index in [1.807, 2.05) is 49.4 Å². The van der Waals surface area contributed by atoms with E-state index in [0.717, 1.165) is 16.3 Å². The number of aryl methyl sites for hydroxylation is 1. The fourth-order valence-electron chi connectivity index (χ4n) is 3.79. The molecule has 4 nitrogen and oxygen atoms in total. The van der Waals surface area contributed by atoms with Gasteiger partial charge >= 0.3 is 0 Å². The minimum atomic E-state index is -0.326. The summed E-state index contributed by atoms with van der Waals surface area (Å²) in [6.45, 7) is 1.63. The molecule has 0 radical (unpaired) electrons. The molecule has 1 heterocycles. The quantitative estimate of drug-likeness (QED) is 0.273. The number of ketones is 1. The Kier molecular flexibility index (Phi) is 5.45. The van der Waals surface area contributed by atoms with Gasteiger partial charge in [0.15, 0.2) is 18.2 Å². The molecule has 0 aliphatic rings. The lowest BCUT2D eigenvalue weighted by molar-refractivity contribution is 0.0920. The zero-order chi connectivity index (χ0) is 22.9. The summed E-state index contributed by atoms with van der Waals surface area (Å²) >= 11 is 6.03. The molecule has 0 unspecified atom stereocenters. The van der Waals surface area contributed by atoms with Gasteiger partial charge in [0.05, 0.1) is 5.39 Å². The highest BCUT2D eigenvalue weighted by Gasteiger charge is 2.19. The van der Waals surface area contributed by atoms with Crippen LogP contribution in [0, 0.1) is 6.92 Å². The summed E-state index contributed by atoms with van der Waals surface area (Å²) in [6, 6.07) is 25.6. The maximum absolute atomic E-state index is 13.3. The van der Waals surface area contributed by atoms with Crippen molar-refractivity contribution in [3.63, 3.8) is 0 Å². The number of hydrogen-bond donors (Lipinski definition) is 0. The standard InChI is InChI=1S/C28H19ClO4/c1-17-6-13-23-25(14-17)33-27(19-9-11-22(29)12-10-19)28(26(23)31)32-16-24(30)21-8-7-18-4-2-3-5-20(18)15-21/h2-15H,16H2,1H3. The van der Waals surface area contributed by atoms with E-state index < -0.39 is 0 Å². The molecule has 0 saturated carbocycles. The number of carbonyl (C=O) groups excluding carboxylic acids is 1. The Morgan fingerprint density at radius 1 is 0.909 bits per heavy atom. The SMILES string of the molecule is Cc1ccc2c(=O)c(OCC(=O)c3ccc4ccccc4c3)c(-c3ccc(Cl)cc3)oc2c1. The lowest BCUT2D eigenvalue weighted by atomic mass is 10.0. The number of Topliss-reactive ketones (excluding diaryl/α,β-unsaturated/α-hetero) is 1. The van der Waals surface area contributed by atoms with Gasteiger partial charge in [-0.15, -0.1) is 0 Å². The molecule has 0 atom stereocenters. The van der Waals surface area contributed by atoms with Crippen molar-refractivity contribution in [1.29, 1.82) is 0 Å². The van der Waals surface area contributed by atoms with Crippen LogP contribution in [0.2, 0.25) is 5.02 Å². The van der Waals surface area contributed by atoms with E-state index in [9.17, 15) is 9.59 Å². The minimum absolute atomic E-state index is 0.00261. The van der Waals surface area contributed by atoms with E-state index in [2.05, 4.69) is 0 Å². The summed E-state index contributed by atoms with van der Waals surface area (Å²) in [7, 11) is 0. The van der Waals surface area contributed by atoms with Crippen molar-refractivity contribution in [3.05, 3.63) is 111 Å². The summed E-state index contributed by atoms with van der Waals surface area (Å²) in [4.78, 5) is 26.2. The zero-order valence-electron chi connectivity index (χ0n) is 17.8. The van der Waals surface area contributed by atoms with Crippen molar-refractivity contribution in [1.82, 2.24) is 0 Å². The summed E-state index contributed by atoms with van der Waals surface area (Å²) in [5.41, 5.74) is 2.24. The van der Waals surface area contributed by atoms with Gasteiger partial charge < -0.3 is 9.15 Å². The average Bonchev–Trinajstić information content (AvgIpc) is 2.83. The second kappa shape index (κ2) is 8.57. The summed E-state index contributed by atoms with van der Waals surface area (Å²) in [6.07, 6.45) is 0. The van der Waals surface area contributed by atoms with E-state index >= 15 is 0 Å². The normalized spacial score (nSPS) is 11.1. The molecule has 162 valence electrons. The zero-order valence-corrected chi connectivity index (χ0v) is 18.6.